The van der Waals surface area contributed by atoms with Gasteiger partial charge in [0, 0.05) is 11.9 Å². The highest BCUT2D eigenvalue weighted by Gasteiger charge is 2.08. The lowest BCUT2D eigenvalue weighted by molar-refractivity contribution is -0.115. The fraction of sp³-hybridized carbons (Fsp3) is 0.0588. The van der Waals surface area contributed by atoms with E-state index in [0.29, 0.717) is 11.3 Å². The molecule has 0 saturated carbocycles. The second kappa shape index (κ2) is 6.22. The third-order valence-electron chi connectivity index (χ3n) is 3.29. The largest absolute Gasteiger partial charge is 0.326 e. The van der Waals surface area contributed by atoms with Crippen molar-refractivity contribution in [2.24, 2.45) is 0 Å². The molecule has 0 fully saturated rings. The molecular formula is C17H14FN3O. The van der Waals surface area contributed by atoms with Gasteiger partial charge in [0.2, 0.25) is 5.91 Å². The molecule has 0 bridgehead atoms. The molecule has 4 nitrogen and oxygen atoms in total. The number of nitrogens with zero attached hydrogens (tertiary/aromatic N) is 1. The van der Waals surface area contributed by atoms with Gasteiger partial charge in [-0.05, 0) is 35.4 Å². The fourth-order valence-electron chi connectivity index (χ4n) is 2.17. The summed E-state index contributed by atoms with van der Waals surface area (Å²) < 4.78 is 13.5. The predicted molar refractivity (Wildman–Crippen MR) is 82.8 cm³/mol. The summed E-state index contributed by atoms with van der Waals surface area (Å²) in [5, 5.41) is 9.53. The van der Waals surface area contributed by atoms with E-state index >= 15 is 0 Å². The minimum Gasteiger partial charge on any atom is -0.326 e. The number of aromatic amines is 1. The average Bonchev–Trinajstić information content (AvgIpc) is 3.05. The minimum atomic E-state index is -0.368. The van der Waals surface area contributed by atoms with Gasteiger partial charge in [0.05, 0.1) is 12.1 Å². The highest BCUT2D eigenvalue weighted by molar-refractivity contribution is 5.92. The summed E-state index contributed by atoms with van der Waals surface area (Å²) in [5.74, 6) is -0.619. The maximum Gasteiger partial charge on any atom is 0.228 e. The quantitative estimate of drug-likeness (QED) is 0.775. The molecule has 3 aromatic rings. The van der Waals surface area contributed by atoms with Crippen molar-refractivity contribution in [3.63, 3.8) is 0 Å². The van der Waals surface area contributed by atoms with Crippen molar-refractivity contribution in [2.45, 2.75) is 6.42 Å². The Morgan fingerprint density at radius 1 is 1.09 bits per heavy atom. The molecule has 0 spiro atoms. The summed E-state index contributed by atoms with van der Waals surface area (Å²) in [4.78, 5) is 12.0. The highest BCUT2D eigenvalue weighted by atomic mass is 19.1. The topological polar surface area (TPSA) is 57.8 Å². The zero-order valence-electron chi connectivity index (χ0n) is 11.7. The van der Waals surface area contributed by atoms with E-state index in [-0.39, 0.29) is 18.1 Å². The van der Waals surface area contributed by atoms with Crippen LogP contribution in [0.5, 0.6) is 0 Å². The van der Waals surface area contributed by atoms with Gasteiger partial charge in [0.25, 0.3) is 0 Å². The van der Waals surface area contributed by atoms with Crippen LogP contribution in [0.25, 0.3) is 11.3 Å². The molecule has 0 radical (unpaired) electrons. The van der Waals surface area contributed by atoms with Gasteiger partial charge in [-0.2, -0.15) is 5.10 Å². The van der Waals surface area contributed by atoms with Crippen LogP contribution in [0.3, 0.4) is 0 Å². The lowest BCUT2D eigenvalue weighted by atomic mass is 10.1. The molecule has 0 aliphatic rings. The van der Waals surface area contributed by atoms with Crippen molar-refractivity contribution in [2.75, 3.05) is 5.32 Å². The number of hydrogen-bond donors (Lipinski definition) is 2. The highest BCUT2D eigenvalue weighted by Crippen LogP contribution is 2.19. The summed E-state index contributed by atoms with van der Waals surface area (Å²) in [7, 11) is 0. The number of benzene rings is 2. The molecule has 0 aliphatic heterocycles. The molecule has 22 heavy (non-hydrogen) atoms. The molecule has 0 unspecified atom stereocenters. The van der Waals surface area contributed by atoms with Crippen molar-refractivity contribution in [3.05, 3.63) is 72.2 Å². The van der Waals surface area contributed by atoms with Gasteiger partial charge in [0.15, 0.2) is 0 Å². The maximum atomic E-state index is 13.5. The van der Waals surface area contributed by atoms with Gasteiger partial charge in [-0.15, -0.1) is 0 Å². The smallest absolute Gasteiger partial charge is 0.228 e. The van der Waals surface area contributed by atoms with E-state index in [2.05, 4.69) is 15.5 Å². The Kier molecular flexibility index (Phi) is 3.96. The van der Waals surface area contributed by atoms with Crippen LogP contribution in [0.2, 0.25) is 0 Å². The van der Waals surface area contributed by atoms with Crippen molar-refractivity contribution in [3.8, 4) is 11.3 Å². The van der Waals surface area contributed by atoms with Gasteiger partial charge in [0.1, 0.15) is 5.82 Å². The van der Waals surface area contributed by atoms with Crippen molar-refractivity contribution < 1.29 is 9.18 Å². The van der Waals surface area contributed by atoms with Crippen LogP contribution in [0.15, 0.2) is 60.8 Å². The second-order valence-corrected chi connectivity index (χ2v) is 4.86. The minimum absolute atomic E-state index is 0.00890. The molecule has 0 atom stereocenters. The van der Waals surface area contributed by atoms with Crippen LogP contribution in [-0.4, -0.2) is 16.1 Å². The second-order valence-electron chi connectivity index (χ2n) is 4.86. The van der Waals surface area contributed by atoms with Crippen molar-refractivity contribution in [1.29, 1.82) is 0 Å². The number of amides is 1. The predicted octanol–water partition coefficient (Wildman–Crippen LogP) is 3.40. The molecule has 3 rings (SSSR count). The molecule has 1 aromatic heterocycles. The van der Waals surface area contributed by atoms with Crippen LogP contribution >= 0.6 is 0 Å². The van der Waals surface area contributed by atoms with Gasteiger partial charge >= 0.3 is 0 Å². The average molecular weight is 295 g/mol. The molecule has 2 aromatic carbocycles. The van der Waals surface area contributed by atoms with Crippen molar-refractivity contribution in [1.82, 2.24) is 10.2 Å². The standard InChI is InChI=1S/C17H14FN3O/c18-15-4-2-1-3-13(15)11-17(22)20-14-7-5-12(6-8-14)16-9-10-19-21-16/h1-10H,11H2,(H,19,21)(H,20,22). The Morgan fingerprint density at radius 2 is 1.86 bits per heavy atom. The van der Waals surface area contributed by atoms with E-state index in [1.165, 1.54) is 6.07 Å². The van der Waals surface area contributed by atoms with Gasteiger partial charge in [-0.3, -0.25) is 9.89 Å². The number of H-pyrrole nitrogens is 1. The number of carbonyl (C=O) groups excluding carboxylic acids is 1. The van der Waals surface area contributed by atoms with Crippen LogP contribution in [0.1, 0.15) is 5.56 Å². The molecule has 110 valence electrons. The monoisotopic (exact) mass is 295 g/mol. The molecule has 2 N–H and O–H groups in total. The Hall–Kier alpha value is -2.95. The Bertz CT molecular complexity index is 767. The fourth-order valence-corrected chi connectivity index (χ4v) is 2.17. The Morgan fingerprint density at radius 3 is 2.55 bits per heavy atom. The molecule has 5 heteroatoms. The number of anilines is 1. The summed E-state index contributed by atoms with van der Waals surface area (Å²) >= 11 is 0. The molecule has 0 saturated heterocycles. The van der Waals surface area contributed by atoms with Gasteiger partial charge < -0.3 is 5.32 Å². The van der Waals surface area contributed by atoms with E-state index in [1.54, 1.807) is 36.5 Å². The number of rotatable bonds is 4. The first-order chi connectivity index (χ1) is 10.7. The van der Waals surface area contributed by atoms with Crippen molar-refractivity contribution >= 4 is 11.6 Å². The van der Waals surface area contributed by atoms with Crippen LogP contribution in [0.4, 0.5) is 10.1 Å². The van der Waals surface area contributed by atoms with E-state index in [9.17, 15) is 9.18 Å². The summed E-state index contributed by atoms with van der Waals surface area (Å²) in [5.41, 5.74) is 2.94. The number of nitrogens with one attached hydrogen (secondary N) is 2. The zero-order chi connectivity index (χ0) is 15.4. The summed E-state index contributed by atoms with van der Waals surface area (Å²) in [6.07, 6.45) is 1.69. The number of aromatic nitrogens is 2. The summed E-state index contributed by atoms with van der Waals surface area (Å²) in [6, 6.07) is 15.5. The maximum absolute atomic E-state index is 13.5. The van der Waals surface area contributed by atoms with E-state index in [1.807, 2.05) is 18.2 Å². The molecule has 1 heterocycles. The molecular weight excluding hydrogens is 281 g/mol. The van der Waals surface area contributed by atoms with Gasteiger partial charge in [-0.1, -0.05) is 30.3 Å². The first kappa shape index (κ1) is 14.0. The normalized spacial score (nSPS) is 10.4. The third kappa shape index (κ3) is 3.20. The Balaban J connectivity index is 1.66. The lowest BCUT2D eigenvalue weighted by Crippen LogP contribution is -2.15. The first-order valence-electron chi connectivity index (χ1n) is 6.85. The van der Waals surface area contributed by atoms with E-state index in [4.69, 9.17) is 0 Å². The van der Waals surface area contributed by atoms with Crippen LogP contribution in [0, 0.1) is 5.82 Å². The van der Waals surface area contributed by atoms with Crippen LogP contribution in [-0.2, 0) is 11.2 Å². The first-order valence-corrected chi connectivity index (χ1v) is 6.85. The lowest BCUT2D eigenvalue weighted by Gasteiger charge is -2.07. The molecule has 0 aliphatic carbocycles. The third-order valence-corrected chi connectivity index (χ3v) is 3.29. The molecule has 1 amide bonds. The van der Waals surface area contributed by atoms with E-state index in [0.717, 1.165) is 11.3 Å². The summed E-state index contributed by atoms with van der Waals surface area (Å²) in [6.45, 7) is 0. The van der Waals surface area contributed by atoms with Gasteiger partial charge in [-0.25, -0.2) is 4.39 Å². The Labute approximate surface area is 127 Å². The zero-order valence-corrected chi connectivity index (χ0v) is 11.7. The SMILES string of the molecule is O=C(Cc1ccccc1F)Nc1ccc(-c2ccn[nH]2)cc1. The van der Waals surface area contributed by atoms with E-state index < -0.39 is 0 Å². The number of hydrogen-bond acceptors (Lipinski definition) is 2. The van der Waals surface area contributed by atoms with Crippen LogP contribution < -0.4 is 5.32 Å². The number of carbonyl (C=O) groups is 1. The number of halogens is 1.